The molecule has 0 saturated carbocycles. The summed E-state index contributed by atoms with van der Waals surface area (Å²) in [4.78, 5) is 0. The second-order valence-electron chi connectivity index (χ2n) is 4.21. The highest BCUT2D eigenvalue weighted by atomic mass is 79.9. The van der Waals surface area contributed by atoms with E-state index in [1.807, 2.05) is 27.7 Å². The van der Waals surface area contributed by atoms with Crippen LogP contribution in [0.4, 0.5) is 0 Å². The van der Waals surface area contributed by atoms with Gasteiger partial charge in [0.2, 0.25) is 0 Å². The number of nitrogens with zero attached hydrogens (tertiary/aromatic N) is 1. The predicted molar refractivity (Wildman–Crippen MR) is 67.4 cm³/mol. The second kappa shape index (κ2) is 6.18. The van der Waals surface area contributed by atoms with Gasteiger partial charge in [0.15, 0.2) is 0 Å². The molecule has 0 atom stereocenters. The average Bonchev–Trinajstić information content (AvgIpc) is 2.17. The molecule has 0 aliphatic heterocycles. The molecule has 0 aromatic carbocycles. The molecule has 15 heavy (non-hydrogen) atoms. The second-order valence-corrected chi connectivity index (χ2v) is 6.52. The maximum Gasteiger partial charge on any atom is 0.279 e. The molecule has 1 N–H and O–H groups in total. The van der Waals surface area contributed by atoms with Crippen molar-refractivity contribution in [2.75, 3.05) is 25.0 Å². The van der Waals surface area contributed by atoms with Crippen LogP contribution in [0, 0.1) is 5.41 Å². The highest BCUT2D eigenvalue weighted by molar-refractivity contribution is 9.09. The van der Waals surface area contributed by atoms with E-state index in [4.69, 9.17) is 0 Å². The minimum Gasteiger partial charge on any atom is -0.202 e. The third-order valence-electron chi connectivity index (χ3n) is 2.14. The first-order chi connectivity index (χ1) is 6.79. The average molecular weight is 301 g/mol. The standard InChI is InChI=1S/C9H21BrN2O2S/c1-5-12(6-2)15(13,14)11-8-9(3,4)7-10/h11H,5-8H2,1-4H3. The Hall–Kier alpha value is 0.350. The molecule has 0 bridgehead atoms. The molecule has 0 aliphatic carbocycles. The SMILES string of the molecule is CCN(CC)S(=O)(=O)NCC(C)(C)CBr. The minimum atomic E-state index is -3.30. The third kappa shape index (κ3) is 5.29. The van der Waals surface area contributed by atoms with Crippen LogP contribution in [0.2, 0.25) is 0 Å². The Labute approximate surface area is 102 Å². The van der Waals surface area contributed by atoms with Crippen molar-refractivity contribution >= 4 is 26.1 Å². The molecule has 0 saturated heterocycles. The van der Waals surface area contributed by atoms with Gasteiger partial charge in [0.1, 0.15) is 0 Å². The Bertz CT molecular complexity index is 274. The maximum atomic E-state index is 11.8. The monoisotopic (exact) mass is 300 g/mol. The van der Waals surface area contributed by atoms with Crippen LogP contribution in [0.5, 0.6) is 0 Å². The Kier molecular flexibility index (Phi) is 6.32. The number of hydrogen-bond acceptors (Lipinski definition) is 2. The highest BCUT2D eigenvalue weighted by Crippen LogP contribution is 2.17. The quantitative estimate of drug-likeness (QED) is 0.726. The normalized spacial score (nSPS) is 13.5. The van der Waals surface area contributed by atoms with Crippen molar-refractivity contribution in [2.45, 2.75) is 27.7 Å². The van der Waals surface area contributed by atoms with E-state index in [1.165, 1.54) is 4.31 Å². The molecule has 0 aliphatic rings. The molecule has 0 unspecified atom stereocenters. The zero-order valence-electron chi connectivity index (χ0n) is 9.88. The summed E-state index contributed by atoms with van der Waals surface area (Å²) >= 11 is 3.36. The van der Waals surface area contributed by atoms with Gasteiger partial charge in [-0.1, -0.05) is 43.6 Å². The number of alkyl halides is 1. The van der Waals surface area contributed by atoms with E-state index in [0.717, 1.165) is 5.33 Å². The van der Waals surface area contributed by atoms with Crippen LogP contribution in [-0.2, 0) is 10.2 Å². The smallest absolute Gasteiger partial charge is 0.202 e. The van der Waals surface area contributed by atoms with Crippen molar-refractivity contribution in [1.29, 1.82) is 0 Å². The van der Waals surface area contributed by atoms with Gasteiger partial charge in [0, 0.05) is 25.0 Å². The summed E-state index contributed by atoms with van der Waals surface area (Å²) in [5, 5.41) is 0.765. The number of hydrogen-bond donors (Lipinski definition) is 1. The molecule has 6 heteroatoms. The van der Waals surface area contributed by atoms with Gasteiger partial charge in [0.25, 0.3) is 10.2 Å². The van der Waals surface area contributed by atoms with Gasteiger partial charge in [-0.05, 0) is 5.41 Å². The first-order valence-corrected chi connectivity index (χ1v) is 7.66. The summed E-state index contributed by atoms with van der Waals surface area (Å²) in [7, 11) is -3.30. The van der Waals surface area contributed by atoms with E-state index in [1.54, 1.807) is 0 Å². The summed E-state index contributed by atoms with van der Waals surface area (Å²) in [6, 6.07) is 0. The maximum absolute atomic E-state index is 11.8. The van der Waals surface area contributed by atoms with Crippen molar-refractivity contribution < 1.29 is 8.42 Å². The minimum absolute atomic E-state index is 0.0692. The van der Waals surface area contributed by atoms with Crippen LogP contribution in [0.25, 0.3) is 0 Å². The zero-order valence-corrected chi connectivity index (χ0v) is 12.3. The third-order valence-corrected chi connectivity index (χ3v) is 5.36. The van der Waals surface area contributed by atoms with E-state index in [0.29, 0.717) is 19.6 Å². The highest BCUT2D eigenvalue weighted by Gasteiger charge is 2.23. The molecular formula is C9H21BrN2O2S. The fraction of sp³-hybridized carbons (Fsp3) is 1.00. The van der Waals surface area contributed by atoms with Gasteiger partial charge in [-0.2, -0.15) is 12.7 Å². The Morgan fingerprint density at radius 2 is 1.73 bits per heavy atom. The molecule has 0 spiro atoms. The topological polar surface area (TPSA) is 49.4 Å². The lowest BCUT2D eigenvalue weighted by molar-refractivity contribution is 0.393. The van der Waals surface area contributed by atoms with Crippen molar-refractivity contribution in [2.24, 2.45) is 5.41 Å². The molecule has 92 valence electrons. The van der Waals surface area contributed by atoms with E-state index >= 15 is 0 Å². The lowest BCUT2D eigenvalue weighted by Gasteiger charge is -2.25. The zero-order chi connectivity index (χ0) is 12.1. The summed E-state index contributed by atoms with van der Waals surface area (Å²) in [6.07, 6.45) is 0. The van der Waals surface area contributed by atoms with Gasteiger partial charge < -0.3 is 0 Å². The number of halogens is 1. The first kappa shape index (κ1) is 15.3. The molecule has 0 radical (unpaired) electrons. The van der Waals surface area contributed by atoms with E-state index < -0.39 is 10.2 Å². The van der Waals surface area contributed by atoms with Gasteiger partial charge in [0.05, 0.1) is 0 Å². The Morgan fingerprint density at radius 3 is 2.07 bits per heavy atom. The van der Waals surface area contributed by atoms with Crippen LogP contribution in [-0.4, -0.2) is 37.7 Å². The van der Waals surface area contributed by atoms with Crippen molar-refractivity contribution in [3.05, 3.63) is 0 Å². The van der Waals surface area contributed by atoms with Gasteiger partial charge in [-0.3, -0.25) is 0 Å². The summed E-state index contributed by atoms with van der Waals surface area (Å²) in [6.45, 7) is 9.12. The lowest BCUT2D eigenvalue weighted by Crippen LogP contribution is -2.44. The van der Waals surface area contributed by atoms with Crippen LogP contribution < -0.4 is 4.72 Å². The Balaban J connectivity index is 4.40. The molecule has 0 fully saturated rings. The largest absolute Gasteiger partial charge is 0.279 e. The molecule has 0 amide bonds. The van der Waals surface area contributed by atoms with E-state index in [-0.39, 0.29) is 5.41 Å². The van der Waals surface area contributed by atoms with Crippen molar-refractivity contribution in [3.63, 3.8) is 0 Å². The summed E-state index contributed by atoms with van der Waals surface area (Å²) in [5.41, 5.74) is -0.0692. The first-order valence-electron chi connectivity index (χ1n) is 5.09. The number of nitrogens with one attached hydrogen (secondary N) is 1. The fourth-order valence-electron chi connectivity index (χ4n) is 0.989. The fourth-order valence-corrected chi connectivity index (χ4v) is 2.62. The van der Waals surface area contributed by atoms with Crippen molar-refractivity contribution in [3.8, 4) is 0 Å². The van der Waals surface area contributed by atoms with Crippen LogP contribution in [0.15, 0.2) is 0 Å². The van der Waals surface area contributed by atoms with Gasteiger partial charge in [-0.25, -0.2) is 4.72 Å². The molecule has 0 aromatic rings. The number of rotatable bonds is 7. The van der Waals surface area contributed by atoms with E-state index in [2.05, 4.69) is 20.7 Å². The molecule has 0 rings (SSSR count). The van der Waals surface area contributed by atoms with Crippen LogP contribution in [0.1, 0.15) is 27.7 Å². The van der Waals surface area contributed by atoms with Gasteiger partial charge >= 0.3 is 0 Å². The molecular weight excluding hydrogens is 280 g/mol. The predicted octanol–water partition coefficient (Wildman–Crippen LogP) is 1.58. The lowest BCUT2D eigenvalue weighted by atomic mass is 9.98. The van der Waals surface area contributed by atoms with Crippen LogP contribution in [0.3, 0.4) is 0 Å². The summed E-state index contributed by atoms with van der Waals surface area (Å²) in [5.74, 6) is 0. The molecule has 0 aromatic heterocycles. The molecule has 4 nitrogen and oxygen atoms in total. The van der Waals surface area contributed by atoms with E-state index in [9.17, 15) is 8.42 Å². The van der Waals surface area contributed by atoms with Crippen LogP contribution >= 0.6 is 15.9 Å². The Morgan fingerprint density at radius 1 is 1.27 bits per heavy atom. The molecule has 0 heterocycles. The van der Waals surface area contributed by atoms with Gasteiger partial charge in [-0.15, -0.1) is 0 Å². The van der Waals surface area contributed by atoms with Crippen molar-refractivity contribution in [1.82, 2.24) is 9.03 Å². The summed E-state index contributed by atoms with van der Waals surface area (Å²) < 4.78 is 27.5.